The molecule has 0 radical (unpaired) electrons. The van der Waals surface area contributed by atoms with Gasteiger partial charge in [0.25, 0.3) is 0 Å². The van der Waals surface area contributed by atoms with Crippen molar-refractivity contribution in [3.8, 4) is 0 Å². The molecule has 0 atom stereocenters. The van der Waals surface area contributed by atoms with Crippen LogP contribution in [0.15, 0.2) is 0 Å². The highest BCUT2D eigenvalue weighted by molar-refractivity contribution is 5.68. The Hall–Kier alpha value is -0.610. The van der Waals surface area contributed by atoms with Gasteiger partial charge in [0, 0.05) is 0 Å². The molecule has 4 nitrogen and oxygen atoms in total. The Kier molecular flexibility index (Phi) is 6.52. The van der Waals surface area contributed by atoms with Crippen molar-refractivity contribution in [2.24, 2.45) is 5.92 Å². The van der Waals surface area contributed by atoms with Crippen LogP contribution in [0.5, 0.6) is 0 Å². The van der Waals surface area contributed by atoms with Gasteiger partial charge in [0.2, 0.25) is 0 Å². The second kappa shape index (κ2) is 6.80. The maximum Gasteiger partial charge on any atom is 0.345 e. The molecule has 0 aliphatic heterocycles. The van der Waals surface area contributed by atoms with E-state index in [1.54, 1.807) is 0 Å². The van der Waals surface area contributed by atoms with E-state index in [0.29, 0.717) is 6.42 Å². The summed E-state index contributed by atoms with van der Waals surface area (Å²) in [6, 6.07) is 0. The highest BCUT2D eigenvalue weighted by Crippen LogP contribution is 2.16. The first-order chi connectivity index (χ1) is 6.87. The lowest BCUT2D eigenvalue weighted by Crippen LogP contribution is -2.25. The predicted molar refractivity (Wildman–Crippen MR) is 56.7 cm³/mol. The zero-order chi connectivity index (χ0) is 11.9. The van der Waals surface area contributed by atoms with Gasteiger partial charge in [-0.05, 0) is 31.2 Å². The molecular weight excluding hydrogens is 196 g/mol. The summed E-state index contributed by atoms with van der Waals surface area (Å²) in [7, 11) is 0. The summed E-state index contributed by atoms with van der Waals surface area (Å²) in [5, 5.41) is 4.46. The van der Waals surface area contributed by atoms with Crippen LogP contribution < -0.4 is 0 Å². The van der Waals surface area contributed by atoms with Crippen LogP contribution in [0.1, 0.15) is 53.9 Å². The zero-order valence-electron chi connectivity index (χ0n) is 10.3. The van der Waals surface area contributed by atoms with Crippen LogP contribution >= 0.6 is 0 Å². The molecule has 0 aliphatic rings. The van der Waals surface area contributed by atoms with Gasteiger partial charge in [-0.25, -0.2) is 4.79 Å². The maximum absolute atomic E-state index is 11.1. The van der Waals surface area contributed by atoms with Crippen LogP contribution in [0.3, 0.4) is 0 Å². The smallest absolute Gasteiger partial charge is 0.269 e. The van der Waals surface area contributed by atoms with Crippen molar-refractivity contribution in [1.82, 2.24) is 0 Å². The van der Waals surface area contributed by atoms with Crippen molar-refractivity contribution in [3.63, 3.8) is 0 Å². The summed E-state index contributed by atoms with van der Waals surface area (Å²) in [4.78, 5) is 20.5. The van der Waals surface area contributed by atoms with Crippen LogP contribution in [0.4, 0.5) is 0 Å². The minimum absolute atomic E-state index is 0.254. The predicted octanol–water partition coefficient (Wildman–Crippen LogP) is 3.02. The number of carbonyl (C=O) groups is 1. The molecule has 0 amide bonds. The van der Waals surface area contributed by atoms with Crippen molar-refractivity contribution in [2.45, 2.75) is 59.5 Å². The van der Waals surface area contributed by atoms with E-state index in [1.165, 1.54) is 0 Å². The number of carbonyl (C=O) groups excluding carboxylic acids is 1. The molecule has 0 aromatic heterocycles. The molecule has 90 valence electrons. The monoisotopic (exact) mass is 218 g/mol. The first kappa shape index (κ1) is 14.4. The van der Waals surface area contributed by atoms with Crippen molar-refractivity contribution >= 4 is 5.97 Å². The van der Waals surface area contributed by atoms with Crippen molar-refractivity contribution in [2.75, 3.05) is 0 Å². The molecule has 0 spiro atoms. The third kappa shape index (κ3) is 8.39. The lowest BCUT2D eigenvalue weighted by Gasteiger charge is -2.20. The molecule has 15 heavy (non-hydrogen) atoms. The van der Waals surface area contributed by atoms with E-state index in [4.69, 9.17) is 4.89 Å². The molecule has 4 heteroatoms. The van der Waals surface area contributed by atoms with Crippen molar-refractivity contribution in [1.29, 1.82) is 0 Å². The Balaban J connectivity index is 3.65. The summed E-state index contributed by atoms with van der Waals surface area (Å²) < 4.78 is 0. The van der Waals surface area contributed by atoms with E-state index in [-0.39, 0.29) is 5.92 Å². The number of hydrogen-bond donors (Lipinski definition) is 0. The summed E-state index contributed by atoms with van der Waals surface area (Å²) in [5.74, 6) is -0.151. The minimum Gasteiger partial charge on any atom is -0.269 e. The lowest BCUT2D eigenvalue weighted by molar-refractivity contribution is -0.517. The quantitative estimate of drug-likeness (QED) is 0.486. The highest BCUT2D eigenvalue weighted by Gasteiger charge is 2.20. The molecule has 0 rings (SSSR count). The molecule has 0 aliphatic carbocycles. The van der Waals surface area contributed by atoms with E-state index < -0.39 is 11.6 Å². The molecule has 0 heterocycles. The van der Waals surface area contributed by atoms with Crippen LogP contribution in [-0.2, 0) is 19.6 Å². The molecular formula is C11H22O4. The van der Waals surface area contributed by atoms with E-state index in [9.17, 15) is 4.79 Å². The molecule has 0 N–H and O–H groups in total. The summed E-state index contributed by atoms with van der Waals surface area (Å²) in [6.07, 6.45) is 2.16. The van der Waals surface area contributed by atoms with Crippen LogP contribution in [-0.4, -0.2) is 11.6 Å². The van der Waals surface area contributed by atoms with Gasteiger partial charge < -0.3 is 0 Å². The Morgan fingerprint density at radius 1 is 1.33 bits per heavy atom. The Bertz CT molecular complexity index is 187. The van der Waals surface area contributed by atoms with Gasteiger partial charge in [0.15, 0.2) is 0 Å². The maximum atomic E-state index is 11.1. The van der Waals surface area contributed by atoms with E-state index in [0.717, 1.165) is 12.8 Å². The number of rotatable bonds is 7. The van der Waals surface area contributed by atoms with Gasteiger partial charge in [-0.15, -0.1) is 0 Å². The minimum atomic E-state index is -0.424. The zero-order valence-corrected chi connectivity index (χ0v) is 10.3. The topological polar surface area (TPSA) is 44.8 Å². The van der Waals surface area contributed by atoms with Crippen LogP contribution in [0, 0.1) is 5.92 Å². The molecule has 0 saturated heterocycles. The van der Waals surface area contributed by atoms with Crippen molar-refractivity contribution < 1.29 is 19.6 Å². The van der Waals surface area contributed by atoms with Gasteiger partial charge in [-0.2, -0.15) is 4.89 Å². The van der Waals surface area contributed by atoms with Gasteiger partial charge in [0.05, 0.1) is 6.42 Å². The average Bonchev–Trinajstić information content (AvgIpc) is 2.01. The van der Waals surface area contributed by atoms with E-state index in [2.05, 4.69) is 16.8 Å². The molecule has 0 aromatic rings. The highest BCUT2D eigenvalue weighted by atomic mass is 17.5. The van der Waals surface area contributed by atoms with Gasteiger partial charge >= 0.3 is 5.97 Å². The third-order valence-corrected chi connectivity index (χ3v) is 1.81. The fraction of sp³-hybridized carbons (Fsp3) is 0.909. The average molecular weight is 218 g/mol. The third-order valence-electron chi connectivity index (χ3n) is 1.81. The largest absolute Gasteiger partial charge is 0.345 e. The normalized spacial score (nSPS) is 11.9. The molecule has 0 fully saturated rings. The molecule has 0 saturated carbocycles. The first-order valence-corrected chi connectivity index (χ1v) is 5.42. The van der Waals surface area contributed by atoms with Crippen molar-refractivity contribution in [3.05, 3.63) is 0 Å². The summed E-state index contributed by atoms with van der Waals surface area (Å²) in [6.45, 7) is 9.68. The summed E-state index contributed by atoms with van der Waals surface area (Å²) >= 11 is 0. The first-order valence-electron chi connectivity index (χ1n) is 5.42. The Labute approximate surface area is 91.7 Å². The lowest BCUT2D eigenvalue weighted by atomic mass is 10.0. The van der Waals surface area contributed by atoms with Gasteiger partial charge in [-0.3, -0.25) is 4.89 Å². The Morgan fingerprint density at radius 3 is 2.40 bits per heavy atom. The standard InChI is InChI=1S/C11H22O4/c1-6-7-11(4,5)14-15-13-10(12)8-9(2)3/h9H,6-8H2,1-5H3. The molecule has 0 aromatic carbocycles. The second-order valence-corrected chi connectivity index (χ2v) is 4.71. The van der Waals surface area contributed by atoms with Gasteiger partial charge in [0.1, 0.15) is 5.60 Å². The van der Waals surface area contributed by atoms with E-state index in [1.807, 2.05) is 27.7 Å². The fourth-order valence-electron chi connectivity index (χ4n) is 1.16. The summed E-state index contributed by atoms with van der Waals surface area (Å²) in [5.41, 5.74) is -0.424. The Morgan fingerprint density at radius 2 is 1.93 bits per heavy atom. The molecule has 0 unspecified atom stereocenters. The SMILES string of the molecule is CCCC(C)(C)OOOC(=O)CC(C)C. The molecule has 0 bridgehead atoms. The van der Waals surface area contributed by atoms with Gasteiger partial charge in [-0.1, -0.05) is 27.2 Å². The second-order valence-electron chi connectivity index (χ2n) is 4.71. The number of hydrogen-bond acceptors (Lipinski definition) is 4. The van der Waals surface area contributed by atoms with Crippen LogP contribution in [0.2, 0.25) is 0 Å². The fourth-order valence-corrected chi connectivity index (χ4v) is 1.16. The van der Waals surface area contributed by atoms with Crippen LogP contribution in [0.25, 0.3) is 0 Å². The van der Waals surface area contributed by atoms with E-state index >= 15 is 0 Å².